The van der Waals surface area contributed by atoms with Crippen LogP contribution in [0.1, 0.15) is 27.7 Å². The van der Waals surface area contributed by atoms with Gasteiger partial charge in [0.15, 0.2) is 5.60 Å². The predicted molar refractivity (Wildman–Crippen MR) is 86.3 cm³/mol. The second-order valence-electron chi connectivity index (χ2n) is 5.71. The number of likely N-dealkylation sites (N-methyl/N-ethyl adjacent to an activating group) is 1. The maximum atomic E-state index is 12.6. The lowest BCUT2D eigenvalue weighted by Gasteiger charge is -2.39. The van der Waals surface area contributed by atoms with Crippen LogP contribution in [0.25, 0.3) is 0 Å². The molecule has 21 heavy (non-hydrogen) atoms. The Kier molecular flexibility index (Phi) is 4.79. The number of hydrogen-bond acceptors (Lipinski definition) is 3. The standard InChI is InChI=1S/C16H23ClN2O2/c1-5-18(6-2)9-10-19-13-11-12(17)7-8-14(13)21-16(3,4)15(19)20/h7-8,11H,5-6,9-10H2,1-4H3. The summed E-state index contributed by atoms with van der Waals surface area (Å²) in [4.78, 5) is 16.7. The molecule has 1 aromatic carbocycles. The van der Waals surface area contributed by atoms with E-state index in [1.54, 1.807) is 30.9 Å². The van der Waals surface area contributed by atoms with E-state index in [-0.39, 0.29) is 5.91 Å². The molecule has 0 spiro atoms. The van der Waals surface area contributed by atoms with Crippen LogP contribution in [-0.4, -0.2) is 42.6 Å². The number of rotatable bonds is 5. The van der Waals surface area contributed by atoms with Crippen LogP contribution in [0.2, 0.25) is 5.02 Å². The molecule has 1 aliphatic heterocycles. The molecule has 1 aliphatic rings. The van der Waals surface area contributed by atoms with E-state index in [0.29, 0.717) is 17.3 Å². The average Bonchev–Trinajstić information content (AvgIpc) is 2.44. The largest absolute Gasteiger partial charge is 0.476 e. The minimum atomic E-state index is -0.843. The van der Waals surface area contributed by atoms with Crippen LogP contribution in [0.3, 0.4) is 0 Å². The summed E-state index contributed by atoms with van der Waals surface area (Å²) in [5, 5.41) is 0.609. The van der Waals surface area contributed by atoms with Crippen molar-refractivity contribution < 1.29 is 9.53 Å². The van der Waals surface area contributed by atoms with E-state index in [4.69, 9.17) is 16.3 Å². The molecule has 0 atom stereocenters. The molecule has 0 aromatic heterocycles. The van der Waals surface area contributed by atoms with E-state index < -0.39 is 5.60 Å². The van der Waals surface area contributed by atoms with Crippen molar-refractivity contribution in [3.63, 3.8) is 0 Å². The molecule has 0 fully saturated rings. The van der Waals surface area contributed by atoms with Crippen molar-refractivity contribution in [2.75, 3.05) is 31.1 Å². The highest BCUT2D eigenvalue weighted by Gasteiger charge is 2.40. The summed E-state index contributed by atoms with van der Waals surface area (Å²) in [6.45, 7) is 11.3. The molecule has 116 valence electrons. The van der Waals surface area contributed by atoms with Gasteiger partial charge in [-0.15, -0.1) is 0 Å². The molecule has 5 heteroatoms. The number of fused-ring (bicyclic) bond motifs is 1. The Hall–Kier alpha value is -1.26. The first-order chi connectivity index (χ1) is 9.89. The van der Waals surface area contributed by atoms with Crippen molar-refractivity contribution in [1.29, 1.82) is 0 Å². The third-order valence-electron chi connectivity index (χ3n) is 3.87. The maximum absolute atomic E-state index is 12.6. The van der Waals surface area contributed by atoms with Gasteiger partial charge in [0.1, 0.15) is 5.75 Å². The second kappa shape index (κ2) is 6.24. The van der Waals surface area contributed by atoms with Gasteiger partial charge in [-0.05, 0) is 45.1 Å². The number of amides is 1. The van der Waals surface area contributed by atoms with Crippen LogP contribution in [0.15, 0.2) is 18.2 Å². The summed E-state index contributed by atoms with van der Waals surface area (Å²) < 4.78 is 5.81. The fraction of sp³-hybridized carbons (Fsp3) is 0.562. The Morgan fingerprint density at radius 1 is 1.29 bits per heavy atom. The number of ether oxygens (including phenoxy) is 1. The van der Waals surface area contributed by atoms with E-state index in [0.717, 1.165) is 25.3 Å². The molecule has 0 saturated carbocycles. The quantitative estimate of drug-likeness (QED) is 0.837. The smallest absolute Gasteiger partial charge is 0.270 e. The highest BCUT2D eigenvalue weighted by atomic mass is 35.5. The highest BCUT2D eigenvalue weighted by Crippen LogP contribution is 2.39. The topological polar surface area (TPSA) is 32.8 Å². The maximum Gasteiger partial charge on any atom is 0.270 e. The summed E-state index contributed by atoms with van der Waals surface area (Å²) in [5.41, 5.74) is -0.0802. The molecule has 0 saturated heterocycles. The van der Waals surface area contributed by atoms with E-state index in [9.17, 15) is 4.79 Å². The summed E-state index contributed by atoms with van der Waals surface area (Å²) in [5.74, 6) is 0.688. The van der Waals surface area contributed by atoms with Gasteiger partial charge in [0.25, 0.3) is 5.91 Å². The Morgan fingerprint density at radius 2 is 1.95 bits per heavy atom. The molecule has 0 unspecified atom stereocenters. The Morgan fingerprint density at radius 3 is 2.57 bits per heavy atom. The minimum absolute atomic E-state index is 0.0237. The van der Waals surface area contributed by atoms with Gasteiger partial charge in [0, 0.05) is 18.1 Å². The molecule has 0 bridgehead atoms. The van der Waals surface area contributed by atoms with Gasteiger partial charge >= 0.3 is 0 Å². The molecule has 1 aromatic rings. The monoisotopic (exact) mass is 310 g/mol. The molecule has 4 nitrogen and oxygen atoms in total. The molecular formula is C16H23ClN2O2. The molecule has 0 aliphatic carbocycles. The van der Waals surface area contributed by atoms with Crippen LogP contribution in [-0.2, 0) is 4.79 Å². The van der Waals surface area contributed by atoms with Crippen molar-refractivity contribution in [2.24, 2.45) is 0 Å². The summed E-state index contributed by atoms with van der Waals surface area (Å²) >= 11 is 6.07. The normalized spacial score (nSPS) is 16.9. The zero-order valence-corrected chi connectivity index (χ0v) is 13.9. The number of benzene rings is 1. The average molecular weight is 311 g/mol. The molecular weight excluding hydrogens is 288 g/mol. The molecule has 2 rings (SSSR count). The molecule has 0 radical (unpaired) electrons. The lowest BCUT2D eigenvalue weighted by Crippen LogP contribution is -2.54. The first-order valence-electron chi connectivity index (χ1n) is 7.42. The fourth-order valence-corrected chi connectivity index (χ4v) is 2.71. The SMILES string of the molecule is CCN(CC)CCN1C(=O)C(C)(C)Oc2ccc(Cl)cc21. The third kappa shape index (κ3) is 3.33. The first-order valence-corrected chi connectivity index (χ1v) is 7.79. The van der Waals surface area contributed by atoms with Gasteiger partial charge in [-0.1, -0.05) is 25.4 Å². The van der Waals surface area contributed by atoms with Crippen molar-refractivity contribution in [3.8, 4) is 5.75 Å². The van der Waals surface area contributed by atoms with Gasteiger partial charge in [-0.3, -0.25) is 4.79 Å². The number of nitrogens with zero attached hydrogens (tertiary/aromatic N) is 2. The number of carbonyl (C=O) groups is 1. The molecule has 0 N–H and O–H groups in total. The minimum Gasteiger partial charge on any atom is -0.476 e. The Bertz CT molecular complexity index is 527. The summed E-state index contributed by atoms with van der Waals surface area (Å²) in [6, 6.07) is 5.41. The van der Waals surface area contributed by atoms with Gasteiger partial charge in [0.2, 0.25) is 0 Å². The van der Waals surface area contributed by atoms with Crippen LogP contribution in [0.5, 0.6) is 5.75 Å². The van der Waals surface area contributed by atoms with E-state index in [2.05, 4.69) is 18.7 Å². The van der Waals surface area contributed by atoms with Crippen LogP contribution in [0.4, 0.5) is 5.69 Å². The Balaban J connectivity index is 2.29. The van der Waals surface area contributed by atoms with Crippen LogP contribution in [0, 0.1) is 0 Å². The number of carbonyl (C=O) groups excluding carboxylic acids is 1. The third-order valence-corrected chi connectivity index (χ3v) is 4.11. The van der Waals surface area contributed by atoms with Crippen LogP contribution >= 0.6 is 11.6 Å². The predicted octanol–water partition coefficient (Wildman–Crippen LogP) is 3.19. The number of anilines is 1. The van der Waals surface area contributed by atoms with Crippen molar-refractivity contribution in [1.82, 2.24) is 4.90 Å². The summed E-state index contributed by atoms with van der Waals surface area (Å²) in [7, 11) is 0. The van der Waals surface area contributed by atoms with Gasteiger partial charge in [-0.2, -0.15) is 0 Å². The van der Waals surface area contributed by atoms with E-state index in [1.165, 1.54) is 0 Å². The number of halogens is 1. The zero-order chi connectivity index (χ0) is 15.6. The Labute approximate surface area is 131 Å². The van der Waals surface area contributed by atoms with Gasteiger partial charge < -0.3 is 14.5 Å². The van der Waals surface area contributed by atoms with Crippen molar-refractivity contribution in [3.05, 3.63) is 23.2 Å². The zero-order valence-electron chi connectivity index (χ0n) is 13.1. The first kappa shape index (κ1) is 16.1. The second-order valence-corrected chi connectivity index (χ2v) is 6.14. The highest BCUT2D eigenvalue weighted by molar-refractivity contribution is 6.31. The number of hydrogen-bond donors (Lipinski definition) is 0. The summed E-state index contributed by atoms with van der Waals surface area (Å²) in [6.07, 6.45) is 0. The lowest BCUT2D eigenvalue weighted by molar-refractivity contribution is -0.132. The van der Waals surface area contributed by atoms with Crippen molar-refractivity contribution >= 4 is 23.2 Å². The van der Waals surface area contributed by atoms with Gasteiger partial charge in [-0.25, -0.2) is 0 Å². The molecule has 1 heterocycles. The van der Waals surface area contributed by atoms with E-state index in [1.807, 2.05) is 6.07 Å². The van der Waals surface area contributed by atoms with Crippen LogP contribution < -0.4 is 9.64 Å². The van der Waals surface area contributed by atoms with Crippen molar-refractivity contribution in [2.45, 2.75) is 33.3 Å². The lowest BCUT2D eigenvalue weighted by atomic mass is 10.0. The molecule has 1 amide bonds. The fourth-order valence-electron chi connectivity index (χ4n) is 2.54. The van der Waals surface area contributed by atoms with E-state index >= 15 is 0 Å². The van der Waals surface area contributed by atoms with Gasteiger partial charge in [0.05, 0.1) is 5.69 Å².